The summed E-state index contributed by atoms with van der Waals surface area (Å²) in [6, 6.07) is 6.59. The topological polar surface area (TPSA) is 90.5 Å². The van der Waals surface area contributed by atoms with Crippen LogP contribution in [-0.2, 0) is 0 Å². The zero-order chi connectivity index (χ0) is 14.1. The van der Waals surface area contributed by atoms with Crippen LogP contribution >= 0.6 is 11.8 Å². The highest BCUT2D eigenvalue weighted by molar-refractivity contribution is 8.00. The van der Waals surface area contributed by atoms with Crippen molar-refractivity contribution in [2.75, 3.05) is 5.43 Å². The number of hydrogen-bond acceptors (Lipinski definition) is 6. The van der Waals surface area contributed by atoms with Crippen molar-refractivity contribution in [3.05, 3.63) is 41.6 Å². The molecular formula is C12H13N5O2S. The van der Waals surface area contributed by atoms with E-state index in [9.17, 15) is 5.21 Å². The summed E-state index contributed by atoms with van der Waals surface area (Å²) in [5.41, 5.74) is 4.35. The first-order valence-electron chi connectivity index (χ1n) is 6.04. The summed E-state index contributed by atoms with van der Waals surface area (Å²) in [7, 11) is 0. The minimum Gasteiger partial charge on any atom is -0.595 e. The second-order valence-corrected chi connectivity index (χ2v) is 5.33. The summed E-state index contributed by atoms with van der Waals surface area (Å²) in [5.74, 6) is 0.677. The van der Waals surface area contributed by atoms with E-state index in [0.717, 1.165) is 10.7 Å². The summed E-state index contributed by atoms with van der Waals surface area (Å²) in [4.78, 5) is 0. The average molecular weight is 291 g/mol. The Morgan fingerprint density at radius 2 is 2.15 bits per heavy atom. The highest BCUT2D eigenvalue weighted by atomic mass is 32.2. The first kappa shape index (κ1) is 13.1. The number of nitrogens with zero attached hydrogens (tertiary/aromatic N) is 3. The molecule has 0 saturated heterocycles. The highest BCUT2D eigenvalue weighted by Gasteiger charge is 2.25. The SMILES string of the molecule is CC=CC1Nn2c(nnc2-c2ccc([NH+]([O-])O)cc2)S1. The molecule has 0 amide bonds. The molecule has 0 spiro atoms. The van der Waals surface area contributed by atoms with E-state index in [0.29, 0.717) is 5.82 Å². The number of quaternary nitrogens is 1. The second-order valence-electron chi connectivity index (χ2n) is 4.22. The van der Waals surface area contributed by atoms with Gasteiger partial charge in [-0.3, -0.25) is 0 Å². The summed E-state index contributed by atoms with van der Waals surface area (Å²) in [5, 5.41) is 28.0. The Kier molecular flexibility index (Phi) is 3.45. The van der Waals surface area contributed by atoms with Gasteiger partial charge in [0.15, 0.2) is 11.5 Å². The van der Waals surface area contributed by atoms with Crippen molar-refractivity contribution in [2.45, 2.75) is 17.5 Å². The minimum absolute atomic E-state index is 0.141. The molecule has 0 saturated carbocycles. The number of fused-ring (bicyclic) bond motifs is 1. The third-order valence-electron chi connectivity index (χ3n) is 2.88. The fourth-order valence-electron chi connectivity index (χ4n) is 1.94. The molecule has 104 valence electrons. The molecule has 2 unspecified atom stereocenters. The van der Waals surface area contributed by atoms with Gasteiger partial charge in [0.05, 0.1) is 0 Å². The Hall–Kier alpha value is -1.87. The van der Waals surface area contributed by atoms with Gasteiger partial charge in [0.2, 0.25) is 5.16 Å². The van der Waals surface area contributed by atoms with E-state index in [1.807, 2.05) is 23.8 Å². The van der Waals surface area contributed by atoms with Crippen molar-refractivity contribution in [1.82, 2.24) is 14.9 Å². The fraction of sp³-hybridized carbons (Fsp3) is 0.167. The fourth-order valence-corrected chi connectivity index (χ4v) is 2.89. The van der Waals surface area contributed by atoms with E-state index in [2.05, 4.69) is 15.6 Å². The molecule has 7 nitrogen and oxygen atoms in total. The molecule has 3 rings (SSSR count). The van der Waals surface area contributed by atoms with Crippen LogP contribution in [0.25, 0.3) is 11.4 Å². The van der Waals surface area contributed by atoms with E-state index in [4.69, 9.17) is 5.21 Å². The number of nitrogens with one attached hydrogen (secondary N) is 2. The van der Waals surface area contributed by atoms with Crippen LogP contribution in [0.1, 0.15) is 6.92 Å². The van der Waals surface area contributed by atoms with Crippen LogP contribution in [0, 0.1) is 5.21 Å². The smallest absolute Gasteiger partial charge is 0.212 e. The quantitative estimate of drug-likeness (QED) is 0.575. The zero-order valence-electron chi connectivity index (χ0n) is 10.6. The first-order valence-corrected chi connectivity index (χ1v) is 6.92. The Morgan fingerprint density at radius 3 is 2.80 bits per heavy atom. The number of hydrogen-bond donors (Lipinski definition) is 3. The van der Waals surface area contributed by atoms with Crippen molar-refractivity contribution in [2.24, 2.45) is 0 Å². The van der Waals surface area contributed by atoms with E-state index in [1.165, 1.54) is 0 Å². The van der Waals surface area contributed by atoms with Crippen LogP contribution in [0.4, 0.5) is 5.69 Å². The molecule has 20 heavy (non-hydrogen) atoms. The predicted molar refractivity (Wildman–Crippen MR) is 75.1 cm³/mol. The molecule has 2 atom stereocenters. The van der Waals surface area contributed by atoms with Gasteiger partial charge in [-0.2, -0.15) is 5.23 Å². The molecule has 2 heterocycles. The summed E-state index contributed by atoms with van der Waals surface area (Å²) in [6.45, 7) is 1.97. The van der Waals surface area contributed by atoms with Gasteiger partial charge in [-0.1, -0.05) is 23.9 Å². The molecule has 2 aromatic rings. The normalized spacial score (nSPS) is 19.1. The lowest BCUT2D eigenvalue weighted by Gasteiger charge is -2.12. The van der Waals surface area contributed by atoms with Gasteiger partial charge in [0, 0.05) is 17.7 Å². The van der Waals surface area contributed by atoms with Gasteiger partial charge in [0.1, 0.15) is 5.37 Å². The lowest BCUT2D eigenvalue weighted by atomic mass is 10.2. The van der Waals surface area contributed by atoms with Crippen LogP contribution in [0.5, 0.6) is 0 Å². The van der Waals surface area contributed by atoms with Crippen molar-refractivity contribution in [1.29, 1.82) is 0 Å². The minimum atomic E-state index is -0.940. The Balaban J connectivity index is 1.90. The predicted octanol–water partition coefficient (Wildman–Crippen LogP) is 0.900. The summed E-state index contributed by atoms with van der Waals surface area (Å²) < 4.78 is 1.82. The number of aromatic nitrogens is 3. The van der Waals surface area contributed by atoms with E-state index in [-0.39, 0.29) is 11.1 Å². The van der Waals surface area contributed by atoms with Crippen LogP contribution in [-0.4, -0.2) is 25.5 Å². The van der Waals surface area contributed by atoms with Crippen LogP contribution in [0.2, 0.25) is 0 Å². The van der Waals surface area contributed by atoms with Gasteiger partial charge in [-0.05, 0) is 19.1 Å². The molecule has 0 radical (unpaired) electrons. The van der Waals surface area contributed by atoms with Crippen molar-refractivity contribution >= 4 is 17.4 Å². The maximum absolute atomic E-state index is 10.8. The first-order chi connectivity index (χ1) is 9.69. The molecule has 1 aromatic carbocycles. The molecule has 1 aliphatic rings. The Labute approximate surface area is 119 Å². The highest BCUT2D eigenvalue weighted by Crippen LogP contribution is 2.31. The monoisotopic (exact) mass is 291 g/mol. The average Bonchev–Trinajstić information content (AvgIpc) is 2.99. The molecule has 3 N–H and O–H groups in total. The molecule has 0 bridgehead atoms. The number of benzene rings is 1. The lowest BCUT2D eigenvalue weighted by molar-refractivity contribution is -0.991. The number of rotatable bonds is 3. The maximum atomic E-state index is 10.8. The number of allylic oxidation sites excluding steroid dienone is 1. The standard InChI is InChI=1S/C12H13N5O2S/c1-2-3-10-15-16-11(13-14-12(16)20-10)8-4-6-9(7-5-8)17(18)19/h2-7,10,15,17-18H,1H3. The van der Waals surface area contributed by atoms with Crippen LogP contribution in [0.15, 0.2) is 41.6 Å². The van der Waals surface area contributed by atoms with E-state index >= 15 is 0 Å². The molecule has 0 aliphatic carbocycles. The largest absolute Gasteiger partial charge is 0.595 e. The lowest BCUT2D eigenvalue weighted by Crippen LogP contribution is -2.99. The molecule has 8 heteroatoms. The Morgan fingerprint density at radius 1 is 1.40 bits per heavy atom. The maximum Gasteiger partial charge on any atom is 0.212 e. The van der Waals surface area contributed by atoms with Gasteiger partial charge in [-0.15, -0.1) is 10.2 Å². The van der Waals surface area contributed by atoms with Gasteiger partial charge in [0.25, 0.3) is 0 Å². The van der Waals surface area contributed by atoms with E-state index < -0.39 is 5.23 Å². The summed E-state index contributed by atoms with van der Waals surface area (Å²) in [6.07, 6.45) is 4.02. The molecule has 0 fully saturated rings. The second kappa shape index (κ2) is 5.25. The van der Waals surface area contributed by atoms with Crippen molar-refractivity contribution < 1.29 is 10.4 Å². The zero-order valence-corrected chi connectivity index (χ0v) is 11.5. The molecule has 1 aromatic heterocycles. The van der Waals surface area contributed by atoms with Crippen LogP contribution in [0.3, 0.4) is 0 Å². The number of thioether (sulfide) groups is 1. The van der Waals surface area contributed by atoms with Crippen molar-refractivity contribution in [3.63, 3.8) is 0 Å². The van der Waals surface area contributed by atoms with Gasteiger partial charge >= 0.3 is 0 Å². The third kappa shape index (κ3) is 2.29. The van der Waals surface area contributed by atoms with Gasteiger partial charge < -0.3 is 10.6 Å². The third-order valence-corrected chi connectivity index (χ3v) is 3.87. The Bertz CT molecular complexity index is 638. The summed E-state index contributed by atoms with van der Waals surface area (Å²) >= 11 is 1.58. The van der Waals surface area contributed by atoms with E-state index in [1.54, 1.807) is 36.0 Å². The molecular weight excluding hydrogens is 278 g/mol. The van der Waals surface area contributed by atoms with Crippen LogP contribution < -0.4 is 10.7 Å². The van der Waals surface area contributed by atoms with Crippen molar-refractivity contribution in [3.8, 4) is 11.4 Å². The molecule has 1 aliphatic heterocycles. The van der Waals surface area contributed by atoms with Gasteiger partial charge in [-0.25, -0.2) is 9.88 Å².